The molecule has 23 heavy (non-hydrogen) atoms. The van der Waals surface area contributed by atoms with Crippen molar-refractivity contribution in [1.82, 2.24) is 4.57 Å². The molecule has 2 N–H and O–H groups in total. The predicted octanol–water partition coefficient (Wildman–Crippen LogP) is 4.06. The predicted molar refractivity (Wildman–Crippen MR) is 96.7 cm³/mol. The van der Waals surface area contributed by atoms with Crippen molar-refractivity contribution in [1.29, 1.82) is 0 Å². The van der Waals surface area contributed by atoms with Crippen molar-refractivity contribution in [2.45, 2.75) is 33.7 Å². The lowest BCUT2D eigenvalue weighted by molar-refractivity contribution is 0.1000. The van der Waals surface area contributed by atoms with Crippen molar-refractivity contribution in [2.24, 2.45) is 5.73 Å². The van der Waals surface area contributed by atoms with Gasteiger partial charge in [-0.15, -0.1) is 0 Å². The molecule has 2 aromatic rings. The Balaban J connectivity index is 2.44. The Bertz CT molecular complexity index is 690. The van der Waals surface area contributed by atoms with Crippen LogP contribution in [0.25, 0.3) is 11.1 Å². The molecule has 0 atom stereocenters. The van der Waals surface area contributed by atoms with Gasteiger partial charge in [0.1, 0.15) is 0 Å². The van der Waals surface area contributed by atoms with Crippen molar-refractivity contribution in [3.05, 3.63) is 45.7 Å². The largest absolute Gasteiger partial charge is 0.382 e. The SMILES string of the molecule is CCOCCCn1c(C)c(C(N)=O)c(-c2ccc(Br)cc2)c1C. The average molecular weight is 379 g/mol. The minimum Gasteiger partial charge on any atom is -0.382 e. The fraction of sp³-hybridized carbons (Fsp3) is 0.389. The van der Waals surface area contributed by atoms with Crippen LogP contribution >= 0.6 is 15.9 Å². The lowest BCUT2D eigenvalue weighted by Gasteiger charge is -2.10. The highest BCUT2D eigenvalue weighted by molar-refractivity contribution is 9.10. The number of rotatable bonds is 7. The second kappa shape index (κ2) is 7.79. The summed E-state index contributed by atoms with van der Waals surface area (Å²) < 4.78 is 8.58. The number of carbonyl (C=O) groups excluding carboxylic acids is 1. The lowest BCUT2D eigenvalue weighted by atomic mass is 10.0. The number of nitrogens with zero attached hydrogens (tertiary/aromatic N) is 1. The molecular formula is C18H23BrN2O2. The quantitative estimate of drug-likeness (QED) is 0.738. The van der Waals surface area contributed by atoms with E-state index in [2.05, 4.69) is 20.5 Å². The van der Waals surface area contributed by atoms with Crippen molar-refractivity contribution < 1.29 is 9.53 Å². The monoisotopic (exact) mass is 378 g/mol. The molecule has 0 aliphatic heterocycles. The molecule has 0 aliphatic rings. The minimum atomic E-state index is -0.382. The molecular weight excluding hydrogens is 356 g/mol. The van der Waals surface area contributed by atoms with Crippen LogP contribution in [0, 0.1) is 13.8 Å². The molecule has 1 aromatic heterocycles. The van der Waals surface area contributed by atoms with Gasteiger partial charge < -0.3 is 15.0 Å². The van der Waals surface area contributed by atoms with Crippen molar-refractivity contribution in [3.8, 4) is 11.1 Å². The number of hydrogen-bond donors (Lipinski definition) is 1. The van der Waals surface area contributed by atoms with Gasteiger partial charge in [-0.2, -0.15) is 0 Å². The molecule has 0 radical (unpaired) electrons. The van der Waals surface area contributed by atoms with Crippen LogP contribution in [-0.4, -0.2) is 23.7 Å². The van der Waals surface area contributed by atoms with Crippen LogP contribution in [0.2, 0.25) is 0 Å². The number of nitrogens with two attached hydrogens (primary N) is 1. The fourth-order valence-electron chi connectivity index (χ4n) is 2.96. The third-order valence-corrected chi connectivity index (χ3v) is 4.57. The molecule has 2 rings (SSSR count). The van der Waals surface area contributed by atoms with Crippen LogP contribution in [0.15, 0.2) is 28.7 Å². The highest BCUT2D eigenvalue weighted by Gasteiger charge is 2.22. The third-order valence-electron chi connectivity index (χ3n) is 4.04. The van der Waals surface area contributed by atoms with E-state index in [1.807, 2.05) is 45.0 Å². The fourth-order valence-corrected chi connectivity index (χ4v) is 3.22. The van der Waals surface area contributed by atoms with Gasteiger partial charge in [0.15, 0.2) is 0 Å². The summed E-state index contributed by atoms with van der Waals surface area (Å²) in [6.45, 7) is 8.23. The van der Waals surface area contributed by atoms with E-state index in [1.54, 1.807) is 0 Å². The van der Waals surface area contributed by atoms with Crippen molar-refractivity contribution >= 4 is 21.8 Å². The summed E-state index contributed by atoms with van der Waals surface area (Å²) >= 11 is 3.44. The second-order valence-corrected chi connectivity index (χ2v) is 6.41. The van der Waals surface area contributed by atoms with Crippen LogP contribution in [0.5, 0.6) is 0 Å². The Hall–Kier alpha value is -1.59. The summed E-state index contributed by atoms with van der Waals surface area (Å²) in [4.78, 5) is 12.0. The zero-order chi connectivity index (χ0) is 17.0. The van der Waals surface area contributed by atoms with Gasteiger partial charge in [0.05, 0.1) is 5.56 Å². The normalized spacial score (nSPS) is 11.0. The summed E-state index contributed by atoms with van der Waals surface area (Å²) in [5.74, 6) is -0.382. The maximum atomic E-state index is 12.0. The molecule has 1 amide bonds. The maximum Gasteiger partial charge on any atom is 0.251 e. The van der Waals surface area contributed by atoms with Crippen LogP contribution in [0.4, 0.5) is 0 Å². The second-order valence-electron chi connectivity index (χ2n) is 5.49. The highest BCUT2D eigenvalue weighted by Crippen LogP contribution is 2.33. The molecule has 1 aromatic carbocycles. The van der Waals surface area contributed by atoms with Crippen LogP contribution in [0.1, 0.15) is 35.1 Å². The molecule has 0 fully saturated rings. The first-order valence-electron chi connectivity index (χ1n) is 7.80. The third kappa shape index (κ3) is 3.85. The molecule has 0 bridgehead atoms. The zero-order valence-corrected chi connectivity index (χ0v) is 15.4. The molecule has 5 heteroatoms. The minimum absolute atomic E-state index is 0.382. The summed E-state index contributed by atoms with van der Waals surface area (Å²) in [6, 6.07) is 7.95. The van der Waals surface area contributed by atoms with E-state index >= 15 is 0 Å². The summed E-state index contributed by atoms with van der Waals surface area (Å²) in [7, 11) is 0. The van der Waals surface area contributed by atoms with E-state index in [9.17, 15) is 4.79 Å². The Kier molecular flexibility index (Phi) is 6.02. The Morgan fingerprint density at radius 2 is 1.87 bits per heavy atom. The van der Waals surface area contributed by atoms with Gasteiger partial charge in [-0.3, -0.25) is 4.79 Å². The number of primary amides is 1. The Morgan fingerprint density at radius 3 is 2.43 bits per heavy atom. The molecule has 1 heterocycles. The van der Waals surface area contributed by atoms with E-state index < -0.39 is 0 Å². The van der Waals surface area contributed by atoms with Gasteiger partial charge in [0.25, 0.3) is 5.91 Å². The molecule has 0 spiro atoms. The zero-order valence-electron chi connectivity index (χ0n) is 13.9. The lowest BCUT2D eigenvalue weighted by Crippen LogP contribution is -2.13. The molecule has 4 nitrogen and oxygen atoms in total. The van der Waals surface area contributed by atoms with Crippen LogP contribution in [-0.2, 0) is 11.3 Å². The first-order chi connectivity index (χ1) is 11.0. The van der Waals surface area contributed by atoms with Gasteiger partial charge in [0, 0.05) is 41.2 Å². The van der Waals surface area contributed by atoms with E-state index in [0.717, 1.165) is 46.6 Å². The average Bonchev–Trinajstić information content (AvgIpc) is 2.76. The van der Waals surface area contributed by atoms with E-state index in [-0.39, 0.29) is 5.91 Å². The number of hydrogen-bond acceptors (Lipinski definition) is 2. The number of carbonyl (C=O) groups is 1. The number of aromatic nitrogens is 1. The summed E-state index contributed by atoms with van der Waals surface area (Å²) in [5.41, 5.74) is 10.2. The topological polar surface area (TPSA) is 57.2 Å². The first kappa shape index (κ1) is 17.8. The highest BCUT2D eigenvalue weighted by atomic mass is 79.9. The molecule has 0 saturated heterocycles. The summed E-state index contributed by atoms with van der Waals surface area (Å²) in [5, 5.41) is 0. The van der Waals surface area contributed by atoms with E-state index in [4.69, 9.17) is 10.5 Å². The van der Waals surface area contributed by atoms with Gasteiger partial charge in [-0.05, 0) is 44.9 Å². The molecule has 0 unspecified atom stereocenters. The smallest absolute Gasteiger partial charge is 0.251 e. The van der Waals surface area contributed by atoms with E-state index in [1.165, 1.54) is 0 Å². The van der Waals surface area contributed by atoms with Gasteiger partial charge in [-0.25, -0.2) is 0 Å². The van der Waals surface area contributed by atoms with Crippen molar-refractivity contribution in [2.75, 3.05) is 13.2 Å². The number of benzene rings is 1. The van der Waals surface area contributed by atoms with E-state index in [0.29, 0.717) is 12.2 Å². The molecule has 124 valence electrons. The first-order valence-corrected chi connectivity index (χ1v) is 8.59. The van der Waals surface area contributed by atoms with Gasteiger partial charge in [-0.1, -0.05) is 28.1 Å². The Labute approximate surface area is 145 Å². The maximum absolute atomic E-state index is 12.0. The van der Waals surface area contributed by atoms with Gasteiger partial charge >= 0.3 is 0 Å². The Morgan fingerprint density at radius 1 is 1.22 bits per heavy atom. The standard InChI is InChI=1S/C18H23BrN2O2/c1-4-23-11-5-10-21-12(2)16(17(13(21)3)18(20)22)14-6-8-15(19)9-7-14/h6-9H,4-5,10-11H2,1-3H3,(H2,20,22). The number of ether oxygens (including phenoxy) is 1. The number of amides is 1. The molecule has 0 saturated carbocycles. The van der Waals surface area contributed by atoms with Crippen LogP contribution in [0.3, 0.4) is 0 Å². The molecule has 0 aliphatic carbocycles. The van der Waals surface area contributed by atoms with Crippen molar-refractivity contribution in [3.63, 3.8) is 0 Å². The summed E-state index contributed by atoms with van der Waals surface area (Å²) in [6.07, 6.45) is 0.905. The number of halogens is 1. The van der Waals surface area contributed by atoms with Gasteiger partial charge in [0.2, 0.25) is 0 Å². The van der Waals surface area contributed by atoms with Crippen LogP contribution < -0.4 is 5.73 Å².